The number of anilines is 2. The minimum absolute atomic E-state index is 0.208. The van der Waals surface area contributed by atoms with Crippen LogP contribution >= 0.6 is 0 Å². The molecule has 0 unspecified atom stereocenters. The zero-order chi connectivity index (χ0) is 13.8. The topological polar surface area (TPSA) is 90.8 Å². The van der Waals surface area contributed by atoms with Crippen LogP contribution < -0.4 is 15.4 Å². The van der Waals surface area contributed by atoms with E-state index < -0.39 is 5.91 Å². The number of carbonyl (C=O) groups excluding carboxylic acids is 1. The second-order valence-electron chi connectivity index (χ2n) is 3.97. The number of hydrogen-bond acceptors (Lipinski definition) is 5. The molecule has 0 aromatic heterocycles. The van der Waals surface area contributed by atoms with Gasteiger partial charge in [0.25, 0.3) is 0 Å². The summed E-state index contributed by atoms with van der Waals surface area (Å²) in [4.78, 5) is 11.0. The van der Waals surface area contributed by atoms with Gasteiger partial charge in [-0.3, -0.25) is 4.79 Å². The lowest BCUT2D eigenvalue weighted by Crippen LogP contribution is -2.33. The van der Waals surface area contributed by atoms with Crippen molar-refractivity contribution in [3.05, 3.63) is 18.2 Å². The van der Waals surface area contributed by atoms with Crippen molar-refractivity contribution in [1.29, 1.82) is 0 Å². The fourth-order valence-corrected chi connectivity index (χ4v) is 1.45. The number of aliphatic hydroxyl groups is 2. The molecule has 1 aromatic carbocycles. The Morgan fingerprint density at radius 2 is 2.11 bits per heavy atom. The Hall–Kier alpha value is -1.79. The summed E-state index contributed by atoms with van der Waals surface area (Å²) < 4.78 is 5.35. The normalized spacial score (nSPS) is 10.9. The van der Waals surface area contributed by atoms with Gasteiger partial charge < -0.3 is 25.6 Å². The number of amides is 1. The van der Waals surface area contributed by atoms with Crippen LogP contribution in [0.1, 0.15) is 20.8 Å². The lowest BCUT2D eigenvalue weighted by molar-refractivity contribution is -0.119. The third kappa shape index (κ3) is 4.60. The third-order valence-corrected chi connectivity index (χ3v) is 1.97. The minimum atomic E-state index is -2.07. The molecule has 0 atom stereocenters. The van der Waals surface area contributed by atoms with Crippen molar-refractivity contribution in [2.75, 3.05) is 17.2 Å². The number of nitrogens with one attached hydrogen (secondary N) is 2. The van der Waals surface area contributed by atoms with E-state index in [1.807, 2.05) is 6.92 Å². The molecule has 0 aliphatic carbocycles. The second kappa shape index (κ2) is 5.70. The number of benzene rings is 1. The molecule has 1 aromatic rings. The molecule has 4 N–H and O–H groups in total. The highest BCUT2D eigenvalue weighted by Crippen LogP contribution is 2.29. The second-order valence-corrected chi connectivity index (χ2v) is 3.97. The Morgan fingerprint density at radius 3 is 2.61 bits per heavy atom. The van der Waals surface area contributed by atoms with Crippen molar-refractivity contribution in [1.82, 2.24) is 0 Å². The molecular weight excluding hydrogens is 236 g/mol. The van der Waals surface area contributed by atoms with Gasteiger partial charge >= 0.3 is 0 Å². The van der Waals surface area contributed by atoms with Crippen LogP contribution in [0.25, 0.3) is 0 Å². The number of rotatable bonds is 5. The highest BCUT2D eigenvalue weighted by molar-refractivity contribution is 5.89. The van der Waals surface area contributed by atoms with Crippen LogP contribution in [0.15, 0.2) is 18.2 Å². The van der Waals surface area contributed by atoms with Crippen LogP contribution in [-0.4, -0.2) is 28.6 Å². The van der Waals surface area contributed by atoms with Gasteiger partial charge in [0.1, 0.15) is 5.75 Å². The van der Waals surface area contributed by atoms with E-state index in [1.54, 1.807) is 18.2 Å². The summed E-state index contributed by atoms with van der Waals surface area (Å²) in [5.74, 6) is -1.80. The molecule has 100 valence electrons. The molecule has 6 heteroatoms. The van der Waals surface area contributed by atoms with Crippen LogP contribution in [0.2, 0.25) is 0 Å². The zero-order valence-corrected chi connectivity index (χ0v) is 10.7. The first-order chi connectivity index (χ1) is 8.31. The molecule has 0 heterocycles. The highest BCUT2D eigenvalue weighted by atomic mass is 16.5. The summed E-state index contributed by atoms with van der Waals surface area (Å²) in [6, 6.07) is 4.88. The Kier molecular flexibility index (Phi) is 4.52. The number of carbonyl (C=O) groups is 1. The SMILES string of the molecule is CCOc1ccc(NC(C)=O)cc1NC(C)(O)O. The fraction of sp³-hybridized carbons (Fsp3) is 0.417. The van der Waals surface area contributed by atoms with Gasteiger partial charge in [0.05, 0.1) is 12.3 Å². The molecule has 0 radical (unpaired) electrons. The molecule has 0 fully saturated rings. The molecule has 0 spiro atoms. The molecule has 1 amide bonds. The minimum Gasteiger partial charge on any atom is -0.492 e. The van der Waals surface area contributed by atoms with E-state index in [0.717, 1.165) is 0 Å². The van der Waals surface area contributed by atoms with Gasteiger partial charge in [-0.2, -0.15) is 0 Å². The van der Waals surface area contributed by atoms with Gasteiger partial charge in [0.15, 0.2) is 0 Å². The maximum Gasteiger partial charge on any atom is 0.241 e. The molecule has 6 nitrogen and oxygen atoms in total. The van der Waals surface area contributed by atoms with E-state index in [1.165, 1.54) is 13.8 Å². The van der Waals surface area contributed by atoms with Gasteiger partial charge in [-0.15, -0.1) is 0 Å². The number of ether oxygens (including phenoxy) is 1. The first-order valence-electron chi connectivity index (χ1n) is 5.59. The maximum atomic E-state index is 11.0. The van der Waals surface area contributed by atoms with Gasteiger partial charge in [-0.1, -0.05) is 0 Å². The highest BCUT2D eigenvalue weighted by Gasteiger charge is 2.17. The van der Waals surface area contributed by atoms with E-state index in [2.05, 4.69) is 10.6 Å². The zero-order valence-electron chi connectivity index (χ0n) is 10.7. The van der Waals surface area contributed by atoms with Gasteiger partial charge in [-0.25, -0.2) is 0 Å². The Balaban J connectivity index is 3.03. The predicted molar refractivity (Wildman–Crippen MR) is 68.4 cm³/mol. The summed E-state index contributed by atoms with van der Waals surface area (Å²) >= 11 is 0. The molecular formula is C12H18N2O4. The van der Waals surface area contributed by atoms with Gasteiger partial charge in [0, 0.05) is 19.5 Å². The largest absolute Gasteiger partial charge is 0.492 e. The summed E-state index contributed by atoms with van der Waals surface area (Å²) in [5.41, 5.74) is 0.924. The standard InChI is InChI=1S/C12H18N2O4/c1-4-18-11-6-5-9(13-8(2)15)7-10(11)14-12(3,16)17/h5-7,14,16-17H,4H2,1-3H3,(H,13,15). The smallest absolute Gasteiger partial charge is 0.241 e. The average Bonchev–Trinajstić information content (AvgIpc) is 2.19. The third-order valence-electron chi connectivity index (χ3n) is 1.97. The Morgan fingerprint density at radius 1 is 1.44 bits per heavy atom. The van der Waals surface area contributed by atoms with Gasteiger partial charge in [0.2, 0.25) is 11.8 Å². The predicted octanol–water partition coefficient (Wildman–Crippen LogP) is 1.11. The lowest BCUT2D eigenvalue weighted by atomic mass is 10.2. The number of hydrogen-bond donors (Lipinski definition) is 4. The molecule has 0 bridgehead atoms. The van der Waals surface area contributed by atoms with Crippen LogP contribution in [-0.2, 0) is 4.79 Å². The maximum absolute atomic E-state index is 11.0. The Bertz CT molecular complexity index is 427. The van der Waals surface area contributed by atoms with Gasteiger partial charge in [-0.05, 0) is 25.1 Å². The van der Waals surface area contributed by atoms with Crippen molar-refractivity contribution in [2.45, 2.75) is 26.7 Å². The summed E-state index contributed by atoms with van der Waals surface area (Å²) in [6.45, 7) is 4.85. The van der Waals surface area contributed by atoms with Crippen LogP contribution in [0, 0.1) is 0 Å². The van der Waals surface area contributed by atoms with Crippen molar-refractivity contribution >= 4 is 17.3 Å². The summed E-state index contributed by atoms with van der Waals surface area (Å²) in [5, 5.41) is 23.8. The quantitative estimate of drug-likeness (QED) is 0.591. The Labute approximate surface area is 106 Å². The van der Waals surface area contributed by atoms with E-state index >= 15 is 0 Å². The molecule has 18 heavy (non-hydrogen) atoms. The van der Waals surface area contributed by atoms with Crippen molar-refractivity contribution in [3.63, 3.8) is 0 Å². The molecule has 0 saturated carbocycles. The van der Waals surface area contributed by atoms with Crippen LogP contribution in [0.5, 0.6) is 5.75 Å². The van der Waals surface area contributed by atoms with Crippen molar-refractivity contribution < 1.29 is 19.7 Å². The van der Waals surface area contributed by atoms with E-state index in [0.29, 0.717) is 23.7 Å². The van der Waals surface area contributed by atoms with E-state index in [-0.39, 0.29) is 5.91 Å². The lowest BCUT2D eigenvalue weighted by Gasteiger charge is -2.21. The monoisotopic (exact) mass is 254 g/mol. The molecule has 0 aliphatic rings. The first-order valence-corrected chi connectivity index (χ1v) is 5.59. The first kappa shape index (κ1) is 14.3. The van der Waals surface area contributed by atoms with Crippen LogP contribution in [0.4, 0.5) is 11.4 Å². The fourth-order valence-electron chi connectivity index (χ4n) is 1.45. The summed E-state index contributed by atoms with van der Waals surface area (Å²) in [6.07, 6.45) is 0. The summed E-state index contributed by atoms with van der Waals surface area (Å²) in [7, 11) is 0. The van der Waals surface area contributed by atoms with Crippen molar-refractivity contribution in [2.24, 2.45) is 0 Å². The van der Waals surface area contributed by atoms with E-state index in [4.69, 9.17) is 4.74 Å². The van der Waals surface area contributed by atoms with E-state index in [9.17, 15) is 15.0 Å². The average molecular weight is 254 g/mol. The molecule has 0 aliphatic heterocycles. The molecule has 1 rings (SSSR count). The van der Waals surface area contributed by atoms with Crippen LogP contribution in [0.3, 0.4) is 0 Å². The molecule has 0 saturated heterocycles. The van der Waals surface area contributed by atoms with Crippen molar-refractivity contribution in [3.8, 4) is 5.75 Å².